The summed E-state index contributed by atoms with van der Waals surface area (Å²) in [5, 5.41) is 6.35. The molecule has 2 amide bonds. The number of benzene rings is 3. The van der Waals surface area contributed by atoms with Crippen molar-refractivity contribution in [3.63, 3.8) is 0 Å². The van der Waals surface area contributed by atoms with Crippen LogP contribution >= 0.6 is 11.6 Å². The Bertz CT molecular complexity index is 1390. The Hall–Kier alpha value is -3.84. The van der Waals surface area contributed by atoms with Crippen LogP contribution in [0.1, 0.15) is 27.5 Å². The molecule has 0 unspecified atom stereocenters. The highest BCUT2D eigenvalue weighted by Crippen LogP contribution is 2.53. The normalized spacial score (nSPS) is 24.8. The molecule has 0 radical (unpaired) electrons. The molecule has 0 bridgehead atoms. The zero-order chi connectivity index (χ0) is 23.6. The molecule has 168 valence electrons. The summed E-state index contributed by atoms with van der Waals surface area (Å²) in [4.78, 5) is 42.3. The van der Waals surface area contributed by atoms with Crippen LogP contribution < -0.4 is 4.90 Å². The number of amides is 2. The van der Waals surface area contributed by atoms with E-state index in [1.807, 2.05) is 24.3 Å². The smallest absolute Gasteiger partial charge is 0.240 e. The second kappa shape index (κ2) is 7.60. The van der Waals surface area contributed by atoms with Crippen molar-refractivity contribution in [2.45, 2.75) is 12.1 Å². The zero-order valence-electron chi connectivity index (χ0n) is 17.6. The van der Waals surface area contributed by atoms with E-state index in [4.69, 9.17) is 11.6 Å². The Morgan fingerprint density at radius 1 is 0.882 bits per heavy atom. The number of rotatable bonds is 3. The van der Waals surface area contributed by atoms with Crippen LogP contribution in [0.25, 0.3) is 0 Å². The number of hydrogen-bond donors (Lipinski definition) is 0. The van der Waals surface area contributed by atoms with Gasteiger partial charge >= 0.3 is 0 Å². The van der Waals surface area contributed by atoms with E-state index in [0.717, 1.165) is 16.0 Å². The van der Waals surface area contributed by atoms with Gasteiger partial charge in [0.25, 0.3) is 0 Å². The third-order valence-corrected chi connectivity index (χ3v) is 7.10. The second-order valence-electron chi connectivity index (χ2n) is 8.53. The number of halogens is 2. The first-order valence-corrected chi connectivity index (χ1v) is 11.2. The maximum absolute atomic E-state index is 13.8. The zero-order valence-corrected chi connectivity index (χ0v) is 18.4. The molecule has 0 N–H and O–H groups in total. The summed E-state index contributed by atoms with van der Waals surface area (Å²) in [6.07, 6.45) is 1.64. The largest absolute Gasteiger partial charge is 0.292 e. The molecule has 6 rings (SSSR count). The molecule has 8 heteroatoms. The number of Topliss-reactive ketones (excluding diaryl/α,β-unsaturated/α-hetero) is 1. The number of fused-ring (bicyclic) bond motifs is 5. The lowest BCUT2D eigenvalue weighted by molar-refractivity contribution is -0.124. The van der Waals surface area contributed by atoms with E-state index < -0.39 is 47.3 Å². The van der Waals surface area contributed by atoms with Crippen molar-refractivity contribution >= 4 is 41.1 Å². The number of ketones is 1. The molecule has 0 aromatic heterocycles. The van der Waals surface area contributed by atoms with Crippen LogP contribution in [0.4, 0.5) is 10.1 Å². The maximum atomic E-state index is 13.8. The quantitative estimate of drug-likeness (QED) is 0.421. The van der Waals surface area contributed by atoms with Gasteiger partial charge in [0.05, 0.1) is 34.8 Å². The first-order valence-electron chi connectivity index (χ1n) is 10.8. The molecule has 3 aromatic carbocycles. The molecule has 2 fully saturated rings. The number of nitrogens with zero attached hydrogens (tertiary/aromatic N) is 3. The van der Waals surface area contributed by atoms with Crippen LogP contribution in [0.2, 0.25) is 5.02 Å². The highest BCUT2D eigenvalue weighted by molar-refractivity contribution is 6.36. The Labute approximate surface area is 199 Å². The lowest BCUT2D eigenvalue weighted by atomic mass is 9.83. The van der Waals surface area contributed by atoms with Crippen molar-refractivity contribution in [2.24, 2.45) is 16.9 Å². The molecule has 4 atom stereocenters. The van der Waals surface area contributed by atoms with E-state index >= 15 is 0 Å². The van der Waals surface area contributed by atoms with Crippen LogP contribution in [0, 0.1) is 17.7 Å². The van der Waals surface area contributed by atoms with Gasteiger partial charge in [0.1, 0.15) is 11.9 Å². The van der Waals surface area contributed by atoms with Gasteiger partial charge in [0, 0.05) is 5.56 Å². The molecule has 6 nitrogen and oxygen atoms in total. The molecule has 3 aliphatic heterocycles. The van der Waals surface area contributed by atoms with Crippen molar-refractivity contribution in [2.75, 3.05) is 4.90 Å². The van der Waals surface area contributed by atoms with Crippen LogP contribution in [0.5, 0.6) is 0 Å². The molecule has 3 aliphatic rings. The molecule has 0 aliphatic carbocycles. The number of carbonyl (C=O) groups excluding carboxylic acids is 3. The fourth-order valence-corrected chi connectivity index (χ4v) is 5.54. The van der Waals surface area contributed by atoms with Gasteiger partial charge in [-0.05, 0) is 47.5 Å². The highest BCUT2D eigenvalue weighted by atomic mass is 35.5. The Balaban J connectivity index is 1.51. The van der Waals surface area contributed by atoms with Gasteiger partial charge in [-0.25, -0.2) is 9.29 Å². The Kier molecular flexibility index (Phi) is 4.64. The van der Waals surface area contributed by atoms with Gasteiger partial charge in [-0.1, -0.05) is 48.0 Å². The minimum atomic E-state index is -1.02. The molecule has 0 saturated carbocycles. The maximum Gasteiger partial charge on any atom is 0.240 e. The molecular formula is C26H17ClFN3O3. The lowest BCUT2D eigenvalue weighted by Gasteiger charge is -2.33. The van der Waals surface area contributed by atoms with Crippen molar-refractivity contribution in [1.82, 2.24) is 5.01 Å². The average Bonchev–Trinajstić information content (AvgIpc) is 3.32. The number of para-hydroxylation sites is 1. The van der Waals surface area contributed by atoms with Crippen molar-refractivity contribution < 1.29 is 18.8 Å². The van der Waals surface area contributed by atoms with Crippen LogP contribution in [0.15, 0.2) is 77.9 Å². The van der Waals surface area contributed by atoms with Gasteiger partial charge in [-0.3, -0.25) is 19.4 Å². The molecule has 34 heavy (non-hydrogen) atoms. The number of imide groups is 1. The van der Waals surface area contributed by atoms with E-state index in [0.29, 0.717) is 5.69 Å². The average molecular weight is 474 g/mol. The first-order chi connectivity index (χ1) is 16.5. The summed E-state index contributed by atoms with van der Waals surface area (Å²) in [6, 6.07) is 17.7. The van der Waals surface area contributed by atoms with E-state index in [1.54, 1.807) is 35.5 Å². The molecule has 0 spiro atoms. The molecule has 3 aromatic rings. The molecule has 3 heterocycles. The molecular weight excluding hydrogens is 457 g/mol. The Morgan fingerprint density at radius 3 is 2.32 bits per heavy atom. The summed E-state index contributed by atoms with van der Waals surface area (Å²) in [5.74, 6) is -3.56. The second-order valence-corrected chi connectivity index (χ2v) is 8.94. The monoisotopic (exact) mass is 473 g/mol. The van der Waals surface area contributed by atoms with E-state index in [9.17, 15) is 18.8 Å². The van der Waals surface area contributed by atoms with E-state index in [2.05, 4.69) is 5.10 Å². The predicted octanol–water partition coefficient (Wildman–Crippen LogP) is 4.24. The summed E-state index contributed by atoms with van der Waals surface area (Å²) in [6.45, 7) is 0. The van der Waals surface area contributed by atoms with Gasteiger partial charge < -0.3 is 0 Å². The highest BCUT2D eigenvalue weighted by Gasteiger charge is 2.65. The third kappa shape index (κ3) is 2.86. The van der Waals surface area contributed by atoms with Crippen LogP contribution in [0.3, 0.4) is 0 Å². The fraction of sp³-hybridized carbons (Fsp3) is 0.154. The SMILES string of the molecule is O=C(c1ccc(F)cc1)[C@H]1[C@H]2C(=O)N(c3ccccc3Cl)C(=O)[C@H]2[C@@H]2c3ccccc3C=NN12. The fourth-order valence-electron chi connectivity index (χ4n) is 5.32. The number of anilines is 1. The van der Waals surface area contributed by atoms with E-state index in [1.165, 1.54) is 24.3 Å². The first kappa shape index (κ1) is 20.7. The summed E-state index contributed by atoms with van der Waals surface area (Å²) in [5.41, 5.74) is 2.19. The van der Waals surface area contributed by atoms with Crippen molar-refractivity contribution in [1.29, 1.82) is 0 Å². The Morgan fingerprint density at radius 2 is 1.56 bits per heavy atom. The van der Waals surface area contributed by atoms with Crippen LogP contribution in [-0.4, -0.2) is 34.9 Å². The molecule has 2 saturated heterocycles. The minimum Gasteiger partial charge on any atom is -0.292 e. The summed E-state index contributed by atoms with van der Waals surface area (Å²) >= 11 is 6.34. The number of hydrogen-bond acceptors (Lipinski definition) is 5. The third-order valence-electron chi connectivity index (χ3n) is 6.78. The van der Waals surface area contributed by atoms with E-state index in [-0.39, 0.29) is 10.6 Å². The van der Waals surface area contributed by atoms with Crippen LogP contribution in [-0.2, 0) is 9.59 Å². The number of carbonyl (C=O) groups is 3. The summed E-state index contributed by atoms with van der Waals surface area (Å²) in [7, 11) is 0. The predicted molar refractivity (Wildman–Crippen MR) is 124 cm³/mol. The van der Waals surface area contributed by atoms with Gasteiger partial charge in [0.15, 0.2) is 5.78 Å². The van der Waals surface area contributed by atoms with Crippen molar-refractivity contribution in [3.05, 3.63) is 100 Å². The minimum absolute atomic E-state index is 0.247. The standard InChI is InChI=1S/C26H17ClFN3O3/c27-18-7-3-4-8-19(18)30-25(33)20-21(26(30)34)23(24(32)14-9-11-16(28)12-10-14)31-22(20)17-6-2-1-5-15(17)13-29-31/h1-13,20-23H/t20-,21+,22+,23-/m1/s1. The topological polar surface area (TPSA) is 70.0 Å². The summed E-state index contributed by atoms with van der Waals surface area (Å²) < 4.78 is 13.5. The van der Waals surface area contributed by atoms with Crippen molar-refractivity contribution in [3.8, 4) is 0 Å². The van der Waals surface area contributed by atoms with Gasteiger partial charge in [-0.15, -0.1) is 0 Å². The van der Waals surface area contributed by atoms with Gasteiger partial charge in [0.2, 0.25) is 11.8 Å². The number of hydrazone groups is 1. The lowest BCUT2D eigenvalue weighted by Crippen LogP contribution is -2.44. The van der Waals surface area contributed by atoms with Gasteiger partial charge in [-0.2, -0.15) is 5.10 Å².